The third-order valence-electron chi connectivity index (χ3n) is 2.79. The number of hydrogen-bond donors (Lipinski definition) is 0. The van der Waals surface area contributed by atoms with Gasteiger partial charge >= 0.3 is 0 Å². The van der Waals surface area contributed by atoms with E-state index in [0.717, 1.165) is 12.8 Å². The van der Waals surface area contributed by atoms with Gasteiger partial charge in [-0.3, -0.25) is 0 Å². The lowest BCUT2D eigenvalue weighted by Gasteiger charge is -2.29. The summed E-state index contributed by atoms with van der Waals surface area (Å²) in [6, 6.07) is 2.05. The first-order chi connectivity index (χ1) is 7.41. The van der Waals surface area contributed by atoms with Crippen LogP contribution in [0, 0.1) is 11.3 Å². The summed E-state index contributed by atoms with van der Waals surface area (Å²) in [5.74, 6) is 0. The van der Waals surface area contributed by atoms with Gasteiger partial charge in [0.05, 0.1) is 6.07 Å². The van der Waals surface area contributed by atoms with Crippen LogP contribution in [0.25, 0.3) is 0 Å². The van der Waals surface area contributed by atoms with E-state index >= 15 is 0 Å². The average Bonchev–Trinajstić information content (AvgIpc) is 3.00. The van der Waals surface area contributed by atoms with E-state index in [9.17, 15) is 8.42 Å². The minimum Gasteiger partial charge on any atom is -0.198 e. The lowest BCUT2D eigenvalue weighted by atomic mass is 10.4. The van der Waals surface area contributed by atoms with E-state index in [2.05, 4.69) is 0 Å². The van der Waals surface area contributed by atoms with Crippen LogP contribution in [-0.4, -0.2) is 42.7 Å². The number of nitriles is 1. The van der Waals surface area contributed by atoms with E-state index in [1.54, 1.807) is 7.05 Å². The Balaban J connectivity index is 2.80. The maximum Gasteiger partial charge on any atom is 0.282 e. The second-order valence-corrected chi connectivity index (χ2v) is 6.31. The van der Waals surface area contributed by atoms with Gasteiger partial charge in [-0.25, -0.2) is 0 Å². The molecule has 0 N–H and O–H groups in total. The predicted octanol–water partition coefficient (Wildman–Crippen LogP) is 0.949. The molecule has 0 aromatic carbocycles. The fourth-order valence-corrected chi connectivity index (χ4v) is 3.21. The normalized spacial score (nSPS) is 17.1. The number of hydrogen-bond acceptors (Lipinski definition) is 3. The van der Waals surface area contributed by atoms with Crippen LogP contribution in [0.2, 0.25) is 0 Å². The third kappa shape index (κ3) is 2.94. The van der Waals surface area contributed by atoms with Crippen LogP contribution < -0.4 is 0 Å². The van der Waals surface area contributed by atoms with E-state index in [-0.39, 0.29) is 18.5 Å². The lowest BCUT2D eigenvalue weighted by Crippen LogP contribution is -2.46. The molecule has 92 valence electrons. The topological polar surface area (TPSA) is 64.4 Å². The van der Waals surface area contributed by atoms with Crippen LogP contribution in [0.1, 0.15) is 33.1 Å². The summed E-state index contributed by atoms with van der Waals surface area (Å²) in [6.45, 7) is 3.99. The summed E-state index contributed by atoms with van der Waals surface area (Å²) in [4.78, 5) is 0. The van der Waals surface area contributed by atoms with Crippen LogP contribution in [0.3, 0.4) is 0 Å². The summed E-state index contributed by atoms with van der Waals surface area (Å²) in [5, 5.41) is 8.55. The van der Waals surface area contributed by atoms with Gasteiger partial charge in [-0.05, 0) is 26.7 Å². The monoisotopic (exact) mass is 245 g/mol. The van der Waals surface area contributed by atoms with Gasteiger partial charge in [0.25, 0.3) is 10.2 Å². The highest BCUT2D eigenvalue weighted by atomic mass is 32.2. The average molecular weight is 245 g/mol. The summed E-state index contributed by atoms with van der Waals surface area (Å²) in [6.07, 6.45) is 2.08. The Hall–Kier alpha value is -0.640. The van der Waals surface area contributed by atoms with Crippen LogP contribution in [0.4, 0.5) is 0 Å². The van der Waals surface area contributed by atoms with Crippen molar-refractivity contribution in [1.82, 2.24) is 8.61 Å². The first kappa shape index (κ1) is 13.4. The van der Waals surface area contributed by atoms with Crippen molar-refractivity contribution >= 4 is 10.2 Å². The Morgan fingerprint density at radius 2 is 2.00 bits per heavy atom. The Morgan fingerprint density at radius 3 is 2.38 bits per heavy atom. The molecule has 0 aliphatic heterocycles. The predicted molar refractivity (Wildman–Crippen MR) is 61.8 cm³/mol. The smallest absolute Gasteiger partial charge is 0.198 e. The maximum absolute atomic E-state index is 12.2. The van der Waals surface area contributed by atoms with Crippen molar-refractivity contribution in [3.8, 4) is 6.07 Å². The molecule has 1 saturated carbocycles. The molecule has 0 bridgehead atoms. The molecule has 0 radical (unpaired) electrons. The fourth-order valence-electron chi connectivity index (χ4n) is 1.44. The molecule has 0 spiro atoms. The highest BCUT2D eigenvalue weighted by molar-refractivity contribution is 7.86. The summed E-state index contributed by atoms with van der Waals surface area (Å²) < 4.78 is 27.2. The van der Waals surface area contributed by atoms with Gasteiger partial charge in [-0.1, -0.05) is 0 Å². The Bertz CT molecular complexity index is 368. The molecule has 1 aliphatic rings. The standard InChI is InChI=1S/C10H19N3O2S/c1-9(2)12(3)16(14,15)13(8-4-7-11)10-5-6-10/h9-10H,4-6,8H2,1-3H3. The van der Waals surface area contributed by atoms with Crippen LogP contribution >= 0.6 is 0 Å². The van der Waals surface area contributed by atoms with Crippen molar-refractivity contribution in [1.29, 1.82) is 5.26 Å². The SMILES string of the molecule is CC(C)N(C)S(=O)(=O)N(CCC#N)C1CC1. The molecule has 5 nitrogen and oxygen atoms in total. The van der Waals surface area contributed by atoms with Gasteiger partial charge in [0.1, 0.15) is 0 Å². The molecule has 0 aromatic rings. The maximum atomic E-state index is 12.2. The first-order valence-corrected chi connectivity index (χ1v) is 6.92. The van der Waals surface area contributed by atoms with Crippen molar-refractivity contribution in [2.75, 3.05) is 13.6 Å². The van der Waals surface area contributed by atoms with E-state index in [1.165, 1.54) is 8.61 Å². The van der Waals surface area contributed by atoms with Crippen LogP contribution in [-0.2, 0) is 10.2 Å². The molecule has 0 aromatic heterocycles. The summed E-state index contributed by atoms with van der Waals surface area (Å²) in [5.41, 5.74) is 0. The molecule has 0 heterocycles. The Labute approximate surface area is 97.8 Å². The van der Waals surface area contributed by atoms with Crippen LogP contribution in [0.15, 0.2) is 0 Å². The third-order valence-corrected chi connectivity index (χ3v) is 5.01. The lowest BCUT2D eigenvalue weighted by molar-refractivity contribution is 0.332. The van der Waals surface area contributed by atoms with Gasteiger partial charge in [0, 0.05) is 32.1 Å². The zero-order valence-electron chi connectivity index (χ0n) is 10.0. The molecule has 0 saturated heterocycles. The van der Waals surface area contributed by atoms with E-state index in [1.807, 2.05) is 19.9 Å². The molecule has 6 heteroatoms. The van der Waals surface area contributed by atoms with E-state index in [0.29, 0.717) is 6.54 Å². The number of rotatable bonds is 6. The second kappa shape index (κ2) is 5.13. The molecule has 1 fully saturated rings. The van der Waals surface area contributed by atoms with Crippen molar-refractivity contribution in [3.05, 3.63) is 0 Å². The largest absolute Gasteiger partial charge is 0.282 e. The highest BCUT2D eigenvalue weighted by Gasteiger charge is 2.39. The van der Waals surface area contributed by atoms with Gasteiger partial charge < -0.3 is 0 Å². The second-order valence-electron chi connectivity index (χ2n) is 4.37. The molecular weight excluding hydrogens is 226 g/mol. The highest BCUT2D eigenvalue weighted by Crippen LogP contribution is 2.30. The zero-order valence-corrected chi connectivity index (χ0v) is 10.9. The molecule has 0 atom stereocenters. The minimum absolute atomic E-state index is 0.0617. The van der Waals surface area contributed by atoms with E-state index < -0.39 is 10.2 Å². The Kier molecular flexibility index (Phi) is 4.30. The van der Waals surface area contributed by atoms with Crippen molar-refractivity contribution in [3.63, 3.8) is 0 Å². The van der Waals surface area contributed by atoms with Crippen molar-refractivity contribution < 1.29 is 8.42 Å². The number of nitrogens with zero attached hydrogens (tertiary/aromatic N) is 3. The van der Waals surface area contributed by atoms with Gasteiger partial charge in [-0.15, -0.1) is 0 Å². The van der Waals surface area contributed by atoms with Crippen molar-refractivity contribution in [2.45, 2.75) is 45.2 Å². The minimum atomic E-state index is -3.39. The first-order valence-electron chi connectivity index (χ1n) is 5.53. The molecule has 1 aliphatic carbocycles. The zero-order chi connectivity index (χ0) is 12.3. The Morgan fingerprint density at radius 1 is 1.44 bits per heavy atom. The van der Waals surface area contributed by atoms with Crippen LogP contribution in [0.5, 0.6) is 0 Å². The molecule has 0 unspecified atom stereocenters. The molecule has 1 rings (SSSR count). The van der Waals surface area contributed by atoms with Crippen molar-refractivity contribution in [2.24, 2.45) is 0 Å². The van der Waals surface area contributed by atoms with E-state index in [4.69, 9.17) is 5.26 Å². The molecule has 0 amide bonds. The summed E-state index contributed by atoms with van der Waals surface area (Å²) >= 11 is 0. The summed E-state index contributed by atoms with van der Waals surface area (Å²) in [7, 11) is -1.81. The molecular formula is C10H19N3O2S. The fraction of sp³-hybridized carbons (Fsp3) is 0.900. The van der Waals surface area contributed by atoms with Gasteiger partial charge in [0.15, 0.2) is 0 Å². The van der Waals surface area contributed by atoms with Gasteiger partial charge in [-0.2, -0.15) is 22.3 Å². The molecule has 16 heavy (non-hydrogen) atoms. The quantitative estimate of drug-likeness (QED) is 0.700. The van der Waals surface area contributed by atoms with Gasteiger partial charge in [0.2, 0.25) is 0 Å².